The first kappa shape index (κ1) is 19.6. The zero-order chi connectivity index (χ0) is 22.1. The highest BCUT2D eigenvalue weighted by Crippen LogP contribution is 2.27. The van der Waals surface area contributed by atoms with E-state index in [1.54, 1.807) is 35.5 Å². The third-order valence-corrected chi connectivity index (χ3v) is 5.00. The second-order valence-corrected chi connectivity index (χ2v) is 7.28. The highest BCUT2D eigenvalue weighted by Gasteiger charge is 2.13. The maximum Gasteiger partial charge on any atom is 0.262 e. The predicted molar refractivity (Wildman–Crippen MR) is 122 cm³/mol. The van der Waals surface area contributed by atoms with Gasteiger partial charge in [-0.05, 0) is 35.7 Å². The van der Waals surface area contributed by atoms with E-state index in [4.69, 9.17) is 0 Å². The number of hydrogen-bond donors (Lipinski definition) is 3. The molecule has 0 fully saturated rings. The Morgan fingerprint density at radius 2 is 1.97 bits per heavy atom. The van der Waals surface area contributed by atoms with E-state index in [0.29, 0.717) is 28.2 Å². The molecule has 0 atom stereocenters. The van der Waals surface area contributed by atoms with Crippen molar-refractivity contribution in [3.8, 4) is 0 Å². The summed E-state index contributed by atoms with van der Waals surface area (Å²) >= 11 is 0. The Morgan fingerprint density at radius 3 is 2.78 bits per heavy atom. The van der Waals surface area contributed by atoms with Gasteiger partial charge in [-0.1, -0.05) is 0 Å². The minimum absolute atomic E-state index is 0.135. The monoisotopic (exact) mass is 428 g/mol. The molecule has 0 saturated carbocycles. The van der Waals surface area contributed by atoms with Gasteiger partial charge in [-0.25, -0.2) is 9.97 Å². The van der Waals surface area contributed by atoms with Gasteiger partial charge in [0.1, 0.15) is 17.5 Å². The molecule has 0 unspecified atom stereocenters. The van der Waals surface area contributed by atoms with E-state index < -0.39 is 0 Å². The molecule has 0 spiro atoms. The molecule has 10 nitrogen and oxygen atoms in total. The van der Waals surface area contributed by atoms with Crippen molar-refractivity contribution >= 4 is 44.8 Å². The lowest BCUT2D eigenvalue weighted by Crippen LogP contribution is -2.22. The molecule has 0 amide bonds. The van der Waals surface area contributed by atoms with Crippen molar-refractivity contribution in [3.05, 3.63) is 71.7 Å². The Hall–Kier alpha value is -4.31. The third kappa shape index (κ3) is 3.74. The molecule has 0 bridgehead atoms. The minimum Gasteiger partial charge on any atom is -0.395 e. The van der Waals surface area contributed by atoms with E-state index in [-0.39, 0.29) is 18.7 Å². The van der Waals surface area contributed by atoms with E-state index in [1.807, 2.05) is 37.5 Å². The van der Waals surface area contributed by atoms with E-state index in [0.717, 1.165) is 16.6 Å². The fraction of sp³-hybridized carbons (Fsp3) is 0.136. The minimum atomic E-state index is -0.239. The maximum absolute atomic E-state index is 13.1. The second kappa shape index (κ2) is 8.08. The van der Waals surface area contributed by atoms with Crippen molar-refractivity contribution in [2.75, 3.05) is 17.2 Å². The van der Waals surface area contributed by atoms with E-state index >= 15 is 0 Å². The Kier molecular flexibility index (Phi) is 4.96. The van der Waals surface area contributed by atoms with Crippen LogP contribution in [-0.4, -0.2) is 41.0 Å². The lowest BCUT2D eigenvalue weighted by molar-refractivity contribution is 0.274. The van der Waals surface area contributed by atoms with Crippen LogP contribution in [0.4, 0.5) is 23.1 Å². The van der Waals surface area contributed by atoms with Gasteiger partial charge in [0.05, 0.1) is 23.7 Å². The molecule has 0 aliphatic heterocycles. The number of aliphatic hydroxyl groups excluding tert-OH is 1. The lowest BCUT2D eigenvalue weighted by Gasteiger charge is -2.13. The van der Waals surface area contributed by atoms with Crippen molar-refractivity contribution in [1.82, 2.24) is 29.3 Å². The fourth-order valence-electron chi connectivity index (χ4n) is 3.59. The standard InChI is InChI=1S/C22H20N8O2/c1-29-13-15-2-3-16(11-17(15)28-29)25-21-20-14(4-7-30(8-9-31)22(20)32)10-18(27-21)26-19-12-23-5-6-24-19/h2-7,10-13,31H,8-9H2,1H3,(H2,24,25,26,27). The average Bonchev–Trinajstić information content (AvgIpc) is 3.16. The highest BCUT2D eigenvalue weighted by atomic mass is 16.3. The summed E-state index contributed by atoms with van der Waals surface area (Å²) in [6, 6.07) is 9.37. The Balaban J connectivity index is 1.63. The van der Waals surface area contributed by atoms with E-state index in [9.17, 15) is 9.90 Å². The molecular weight excluding hydrogens is 408 g/mol. The number of aryl methyl sites for hydroxylation is 1. The number of nitrogens with one attached hydrogen (secondary N) is 2. The number of benzene rings is 1. The number of fused-ring (bicyclic) bond motifs is 2. The molecule has 0 aliphatic rings. The quantitative estimate of drug-likeness (QED) is 0.377. The zero-order valence-corrected chi connectivity index (χ0v) is 17.2. The van der Waals surface area contributed by atoms with Crippen LogP contribution in [0.1, 0.15) is 0 Å². The fourth-order valence-corrected chi connectivity index (χ4v) is 3.59. The van der Waals surface area contributed by atoms with E-state index in [2.05, 4.69) is 30.7 Å². The summed E-state index contributed by atoms with van der Waals surface area (Å²) in [5.41, 5.74) is 1.34. The summed E-state index contributed by atoms with van der Waals surface area (Å²) in [7, 11) is 1.87. The van der Waals surface area contributed by atoms with Gasteiger partial charge in [-0.3, -0.25) is 14.5 Å². The van der Waals surface area contributed by atoms with Crippen LogP contribution >= 0.6 is 0 Å². The second-order valence-electron chi connectivity index (χ2n) is 7.28. The largest absolute Gasteiger partial charge is 0.395 e. The average molecular weight is 428 g/mol. The number of hydrogen-bond acceptors (Lipinski definition) is 8. The van der Waals surface area contributed by atoms with Crippen LogP contribution in [0.15, 0.2) is 66.1 Å². The molecule has 0 saturated heterocycles. The number of anilines is 4. The molecule has 3 N–H and O–H groups in total. The molecule has 10 heteroatoms. The number of aromatic nitrogens is 6. The van der Waals surface area contributed by atoms with Gasteiger partial charge in [-0.2, -0.15) is 5.10 Å². The van der Waals surface area contributed by atoms with Crippen LogP contribution in [0.3, 0.4) is 0 Å². The van der Waals surface area contributed by atoms with Gasteiger partial charge in [-0.15, -0.1) is 0 Å². The third-order valence-electron chi connectivity index (χ3n) is 5.00. The molecule has 32 heavy (non-hydrogen) atoms. The van der Waals surface area contributed by atoms with Gasteiger partial charge in [0, 0.05) is 49.5 Å². The number of rotatable bonds is 6. The van der Waals surface area contributed by atoms with Gasteiger partial charge in [0.2, 0.25) is 0 Å². The lowest BCUT2D eigenvalue weighted by atomic mass is 10.2. The predicted octanol–water partition coefficient (Wildman–Crippen LogP) is 2.55. The normalized spacial score (nSPS) is 11.2. The van der Waals surface area contributed by atoms with Gasteiger partial charge < -0.3 is 20.3 Å². The van der Waals surface area contributed by atoms with Crippen LogP contribution in [0.25, 0.3) is 21.7 Å². The Bertz CT molecular complexity index is 1480. The molecular formula is C22H20N8O2. The van der Waals surface area contributed by atoms with Gasteiger partial charge >= 0.3 is 0 Å². The first-order chi connectivity index (χ1) is 15.6. The molecule has 5 aromatic rings. The van der Waals surface area contributed by atoms with Crippen molar-refractivity contribution in [2.45, 2.75) is 6.54 Å². The van der Waals surface area contributed by atoms with Crippen LogP contribution < -0.4 is 16.2 Å². The van der Waals surface area contributed by atoms with E-state index in [1.165, 1.54) is 4.57 Å². The van der Waals surface area contributed by atoms with Crippen molar-refractivity contribution in [2.24, 2.45) is 7.05 Å². The first-order valence-corrected chi connectivity index (χ1v) is 9.99. The summed E-state index contributed by atoms with van der Waals surface area (Å²) in [5, 5.41) is 22.3. The maximum atomic E-state index is 13.1. The summed E-state index contributed by atoms with van der Waals surface area (Å²) in [6.07, 6.45) is 8.36. The smallest absolute Gasteiger partial charge is 0.262 e. The first-order valence-electron chi connectivity index (χ1n) is 9.99. The summed E-state index contributed by atoms with van der Waals surface area (Å²) in [4.78, 5) is 26.1. The molecule has 4 heterocycles. The van der Waals surface area contributed by atoms with Crippen molar-refractivity contribution in [3.63, 3.8) is 0 Å². The number of aliphatic hydroxyl groups is 1. The molecule has 1 aromatic carbocycles. The summed E-state index contributed by atoms with van der Waals surface area (Å²) < 4.78 is 3.22. The Morgan fingerprint density at radius 1 is 1.06 bits per heavy atom. The number of nitrogens with zero attached hydrogens (tertiary/aromatic N) is 6. The molecule has 0 aliphatic carbocycles. The SMILES string of the molecule is Cn1cc2ccc(Nc3nc(Nc4cnccn4)cc4ccn(CCO)c(=O)c34)cc2n1. The zero-order valence-electron chi connectivity index (χ0n) is 17.2. The van der Waals surface area contributed by atoms with Gasteiger partial charge in [0.25, 0.3) is 5.56 Å². The van der Waals surface area contributed by atoms with Crippen molar-refractivity contribution in [1.29, 1.82) is 0 Å². The van der Waals surface area contributed by atoms with Crippen molar-refractivity contribution < 1.29 is 5.11 Å². The topological polar surface area (TPSA) is 123 Å². The summed E-state index contributed by atoms with van der Waals surface area (Å²) in [5.74, 6) is 1.44. The van der Waals surface area contributed by atoms with Crippen LogP contribution in [-0.2, 0) is 13.6 Å². The van der Waals surface area contributed by atoms with Crippen LogP contribution in [0.5, 0.6) is 0 Å². The molecule has 5 rings (SSSR count). The number of pyridine rings is 2. The van der Waals surface area contributed by atoms with Crippen LogP contribution in [0.2, 0.25) is 0 Å². The Labute approximate surface area is 182 Å². The summed E-state index contributed by atoms with van der Waals surface area (Å²) in [6.45, 7) is 0.0674. The highest BCUT2D eigenvalue weighted by molar-refractivity contribution is 5.95. The van der Waals surface area contributed by atoms with Gasteiger partial charge in [0.15, 0.2) is 0 Å². The molecule has 160 valence electrons. The molecule has 0 radical (unpaired) electrons. The van der Waals surface area contributed by atoms with Crippen LogP contribution in [0, 0.1) is 0 Å². The molecule has 4 aromatic heterocycles.